The Hall–Kier alpha value is -0.220. The van der Waals surface area contributed by atoms with Gasteiger partial charge in [0.2, 0.25) is 0 Å². The molecule has 0 unspecified atom stereocenters. The normalized spacial score (nSPS) is 10.5. The van der Waals surface area contributed by atoms with Crippen molar-refractivity contribution in [1.82, 2.24) is 0 Å². The lowest BCUT2D eigenvalue weighted by Gasteiger charge is -2.14. The van der Waals surface area contributed by atoms with Gasteiger partial charge in [-0.25, -0.2) is 0 Å². The van der Waals surface area contributed by atoms with Gasteiger partial charge < -0.3 is 0 Å². The minimum absolute atomic E-state index is 0.333. The molecular formula is C12H6Cl6N2. The summed E-state index contributed by atoms with van der Waals surface area (Å²) in [4.78, 5) is 0. The molecule has 106 valence electrons. The second-order valence-electron chi connectivity index (χ2n) is 3.75. The van der Waals surface area contributed by atoms with Gasteiger partial charge >= 0.3 is 0 Å². The molecule has 8 heteroatoms. The van der Waals surface area contributed by atoms with Crippen LogP contribution in [0.5, 0.6) is 0 Å². The maximum Gasteiger partial charge on any atom is 0.0842 e. The first-order valence-corrected chi connectivity index (χ1v) is 7.46. The summed E-state index contributed by atoms with van der Waals surface area (Å²) in [6.45, 7) is 0. The maximum atomic E-state index is 6.05. The summed E-state index contributed by atoms with van der Waals surface area (Å²) < 4.78 is 0. The lowest BCUT2D eigenvalue weighted by molar-refractivity contribution is 1.41. The average molecular weight is 391 g/mol. The van der Waals surface area contributed by atoms with Crippen molar-refractivity contribution in [3.63, 3.8) is 0 Å². The molecule has 0 saturated carbocycles. The highest BCUT2D eigenvalue weighted by Crippen LogP contribution is 2.35. The number of halogens is 6. The summed E-state index contributed by atoms with van der Waals surface area (Å²) in [5.74, 6) is 0. The minimum atomic E-state index is 0.333. The lowest BCUT2D eigenvalue weighted by Crippen LogP contribution is -2.09. The Kier molecular flexibility index (Phi) is 5.41. The molecule has 0 spiro atoms. The Morgan fingerprint density at radius 1 is 0.550 bits per heavy atom. The molecule has 0 heterocycles. The molecule has 0 amide bonds. The van der Waals surface area contributed by atoms with Gasteiger partial charge in [-0.15, -0.1) is 0 Å². The van der Waals surface area contributed by atoms with E-state index >= 15 is 0 Å². The van der Waals surface area contributed by atoms with Crippen molar-refractivity contribution in [2.45, 2.75) is 0 Å². The molecule has 0 aliphatic heterocycles. The molecule has 2 N–H and O–H groups in total. The van der Waals surface area contributed by atoms with E-state index in [0.29, 0.717) is 41.5 Å². The average Bonchev–Trinajstić information content (AvgIpc) is 2.37. The molecule has 0 aliphatic carbocycles. The molecule has 0 aliphatic rings. The van der Waals surface area contributed by atoms with Crippen LogP contribution < -0.4 is 10.9 Å². The summed E-state index contributed by atoms with van der Waals surface area (Å²) in [5.41, 5.74) is 6.77. The second-order valence-corrected chi connectivity index (χ2v) is 6.19. The predicted molar refractivity (Wildman–Crippen MR) is 90.2 cm³/mol. The number of hydrazine groups is 1. The lowest BCUT2D eigenvalue weighted by atomic mass is 10.3. The van der Waals surface area contributed by atoms with Crippen molar-refractivity contribution in [3.8, 4) is 0 Å². The van der Waals surface area contributed by atoms with Crippen molar-refractivity contribution in [2.75, 3.05) is 10.9 Å². The van der Waals surface area contributed by atoms with Crippen LogP contribution in [0.1, 0.15) is 0 Å². The Morgan fingerprint density at radius 3 is 1.85 bits per heavy atom. The van der Waals surface area contributed by atoms with Crippen LogP contribution in [0.4, 0.5) is 11.4 Å². The van der Waals surface area contributed by atoms with E-state index in [-0.39, 0.29) is 0 Å². The minimum Gasteiger partial charge on any atom is -0.299 e. The molecule has 2 aromatic carbocycles. The Morgan fingerprint density at radius 2 is 1.15 bits per heavy atom. The zero-order valence-corrected chi connectivity index (χ0v) is 14.1. The van der Waals surface area contributed by atoms with E-state index in [1.165, 1.54) is 6.07 Å². The van der Waals surface area contributed by atoms with Gasteiger partial charge in [0.25, 0.3) is 0 Å². The zero-order valence-electron chi connectivity index (χ0n) is 9.58. The standard InChI is InChI=1S/C12H6Cl6N2/c13-5-1-9(17)12(18)11(2-5)20-19-10-4-7(15)6(14)3-8(10)16/h1-4,19-20H. The number of hydrogen-bond acceptors (Lipinski definition) is 2. The van der Waals surface area contributed by atoms with Gasteiger partial charge in [0.05, 0.1) is 36.5 Å². The summed E-state index contributed by atoms with van der Waals surface area (Å²) in [7, 11) is 0. The van der Waals surface area contributed by atoms with Crippen LogP contribution >= 0.6 is 69.6 Å². The molecular weight excluding hydrogens is 385 g/mol. The number of hydrogen-bond donors (Lipinski definition) is 2. The van der Waals surface area contributed by atoms with Crippen LogP contribution in [-0.4, -0.2) is 0 Å². The van der Waals surface area contributed by atoms with Crippen LogP contribution in [0.2, 0.25) is 30.1 Å². The van der Waals surface area contributed by atoms with E-state index in [0.717, 1.165) is 0 Å². The molecule has 0 radical (unpaired) electrons. The van der Waals surface area contributed by atoms with Crippen LogP contribution in [-0.2, 0) is 0 Å². The molecule has 20 heavy (non-hydrogen) atoms. The largest absolute Gasteiger partial charge is 0.299 e. The van der Waals surface area contributed by atoms with Gasteiger partial charge in [0, 0.05) is 5.02 Å². The predicted octanol–water partition coefficient (Wildman–Crippen LogP) is 7.05. The Labute approximate surface area is 145 Å². The Bertz CT molecular complexity index is 659. The monoisotopic (exact) mass is 388 g/mol. The molecule has 0 atom stereocenters. The summed E-state index contributed by atoms with van der Waals surface area (Å²) >= 11 is 35.7. The van der Waals surface area contributed by atoms with Crippen LogP contribution in [0, 0.1) is 0 Å². The van der Waals surface area contributed by atoms with Crippen LogP contribution in [0.15, 0.2) is 24.3 Å². The first kappa shape index (κ1) is 16.2. The fourth-order valence-electron chi connectivity index (χ4n) is 1.40. The first-order chi connectivity index (χ1) is 9.38. The van der Waals surface area contributed by atoms with Crippen molar-refractivity contribution in [1.29, 1.82) is 0 Å². The highest BCUT2D eigenvalue weighted by atomic mass is 35.5. The summed E-state index contributed by atoms with van der Waals surface area (Å²) in [5, 5.41) is 2.25. The van der Waals surface area contributed by atoms with Gasteiger partial charge in [-0.05, 0) is 24.3 Å². The third-order valence-corrected chi connectivity index (χ3v) is 4.39. The third kappa shape index (κ3) is 3.70. The van der Waals surface area contributed by atoms with Crippen LogP contribution in [0.3, 0.4) is 0 Å². The van der Waals surface area contributed by atoms with Gasteiger partial charge in [-0.1, -0.05) is 69.6 Å². The zero-order chi connectivity index (χ0) is 14.9. The van der Waals surface area contributed by atoms with Crippen molar-refractivity contribution in [2.24, 2.45) is 0 Å². The van der Waals surface area contributed by atoms with E-state index in [1.807, 2.05) is 0 Å². The van der Waals surface area contributed by atoms with Gasteiger partial charge in [-0.3, -0.25) is 10.9 Å². The van der Waals surface area contributed by atoms with Crippen LogP contribution in [0.25, 0.3) is 0 Å². The fourth-order valence-corrected chi connectivity index (χ4v) is 2.64. The van der Waals surface area contributed by atoms with E-state index in [1.54, 1.807) is 18.2 Å². The number of nitrogens with one attached hydrogen (secondary N) is 2. The maximum absolute atomic E-state index is 6.05. The highest BCUT2D eigenvalue weighted by molar-refractivity contribution is 6.45. The molecule has 2 nitrogen and oxygen atoms in total. The smallest absolute Gasteiger partial charge is 0.0842 e. The first-order valence-electron chi connectivity index (χ1n) is 5.19. The Balaban J connectivity index is 2.23. The number of benzene rings is 2. The molecule has 0 saturated heterocycles. The van der Waals surface area contributed by atoms with Crippen molar-refractivity contribution >= 4 is 81.0 Å². The summed E-state index contributed by atoms with van der Waals surface area (Å²) in [6.07, 6.45) is 0. The van der Waals surface area contributed by atoms with E-state index < -0.39 is 0 Å². The molecule has 0 aromatic heterocycles. The van der Waals surface area contributed by atoms with Gasteiger partial charge in [0.1, 0.15) is 0 Å². The second kappa shape index (κ2) is 6.69. The SMILES string of the molecule is Clc1cc(Cl)c(Cl)c(NNc2cc(Cl)c(Cl)cc2Cl)c1. The fraction of sp³-hybridized carbons (Fsp3) is 0. The summed E-state index contributed by atoms with van der Waals surface area (Å²) in [6, 6.07) is 6.28. The van der Waals surface area contributed by atoms with Gasteiger partial charge in [0.15, 0.2) is 0 Å². The number of anilines is 2. The third-order valence-electron chi connectivity index (χ3n) is 2.33. The quantitative estimate of drug-likeness (QED) is 0.433. The van der Waals surface area contributed by atoms with E-state index in [2.05, 4.69) is 10.9 Å². The topological polar surface area (TPSA) is 24.1 Å². The number of rotatable bonds is 3. The van der Waals surface area contributed by atoms with Gasteiger partial charge in [-0.2, -0.15) is 0 Å². The molecule has 2 rings (SSSR count). The van der Waals surface area contributed by atoms with Crippen molar-refractivity contribution in [3.05, 3.63) is 54.4 Å². The molecule has 0 fully saturated rings. The molecule has 0 bridgehead atoms. The van der Waals surface area contributed by atoms with E-state index in [4.69, 9.17) is 69.6 Å². The van der Waals surface area contributed by atoms with E-state index in [9.17, 15) is 0 Å². The molecule has 2 aromatic rings. The van der Waals surface area contributed by atoms with Crippen molar-refractivity contribution < 1.29 is 0 Å². The highest BCUT2D eigenvalue weighted by Gasteiger charge is 2.09.